The Morgan fingerprint density at radius 1 is 1.21 bits per heavy atom. The van der Waals surface area contributed by atoms with Gasteiger partial charge in [0.25, 0.3) is 0 Å². The quantitative estimate of drug-likeness (QED) is 0.754. The maximum absolute atomic E-state index is 13.5. The predicted octanol–water partition coefficient (Wildman–Crippen LogP) is 3.17. The Morgan fingerprint density at radius 3 is 2.62 bits per heavy atom. The molecule has 0 spiro atoms. The van der Waals surface area contributed by atoms with Gasteiger partial charge in [0.1, 0.15) is 29.1 Å². The van der Waals surface area contributed by atoms with Crippen molar-refractivity contribution in [3.63, 3.8) is 0 Å². The van der Waals surface area contributed by atoms with Crippen molar-refractivity contribution in [1.82, 2.24) is 15.1 Å². The van der Waals surface area contributed by atoms with Gasteiger partial charge >= 0.3 is 6.03 Å². The van der Waals surface area contributed by atoms with Gasteiger partial charge < -0.3 is 15.1 Å². The van der Waals surface area contributed by atoms with Crippen LogP contribution in [0.3, 0.4) is 0 Å². The number of furan rings is 1. The normalized spacial score (nSPS) is 11.9. The van der Waals surface area contributed by atoms with E-state index in [4.69, 9.17) is 4.42 Å². The lowest BCUT2D eigenvalue weighted by molar-refractivity contribution is 0.249. The first-order valence-electron chi connectivity index (χ1n) is 7.16. The highest BCUT2D eigenvalue weighted by Crippen LogP contribution is 2.19. The highest BCUT2D eigenvalue weighted by atomic mass is 19.1. The van der Waals surface area contributed by atoms with Crippen molar-refractivity contribution in [2.24, 2.45) is 0 Å². The molecule has 0 fully saturated rings. The molecule has 0 saturated heterocycles. The largest absolute Gasteiger partial charge is 0.467 e. The minimum absolute atomic E-state index is 0.122. The Bertz CT molecular complexity index is 749. The number of halogens is 2. The number of nitrogens with zero attached hydrogens (tertiary/aromatic N) is 2. The van der Waals surface area contributed by atoms with E-state index in [1.807, 2.05) is 0 Å². The number of nitrogens with one attached hydrogen (secondary N) is 2. The lowest BCUT2D eigenvalue weighted by Crippen LogP contribution is -2.35. The summed E-state index contributed by atoms with van der Waals surface area (Å²) in [7, 11) is 0. The van der Waals surface area contributed by atoms with Gasteiger partial charge in [-0.2, -0.15) is 5.10 Å². The lowest BCUT2D eigenvalue weighted by atomic mass is 10.2. The molecule has 0 radical (unpaired) electrons. The van der Waals surface area contributed by atoms with E-state index in [1.165, 1.54) is 12.3 Å². The van der Waals surface area contributed by atoms with Crippen molar-refractivity contribution in [3.05, 3.63) is 72.4 Å². The second kappa shape index (κ2) is 6.95. The molecule has 3 aromatic rings. The molecule has 1 aromatic carbocycles. The van der Waals surface area contributed by atoms with Gasteiger partial charge in [-0.05, 0) is 30.3 Å². The third-order valence-corrected chi connectivity index (χ3v) is 3.37. The summed E-state index contributed by atoms with van der Waals surface area (Å²) >= 11 is 0. The molecule has 8 heteroatoms. The highest BCUT2D eigenvalue weighted by Gasteiger charge is 2.19. The van der Waals surface area contributed by atoms with E-state index in [0.29, 0.717) is 5.76 Å². The molecule has 0 aliphatic heterocycles. The van der Waals surface area contributed by atoms with Crippen molar-refractivity contribution in [3.8, 4) is 0 Å². The van der Waals surface area contributed by atoms with Crippen LogP contribution in [0.25, 0.3) is 0 Å². The maximum atomic E-state index is 13.5. The monoisotopic (exact) mass is 332 g/mol. The summed E-state index contributed by atoms with van der Waals surface area (Å²) in [4.78, 5) is 11.9. The van der Waals surface area contributed by atoms with E-state index in [-0.39, 0.29) is 12.6 Å². The number of hydrogen-bond donors (Lipinski definition) is 2. The fourth-order valence-electron chi connectivity index (χ4n) is 2.23. The van der Waals surface area contributed by atoms with E-state index in [2.05, 4.69) is 15.7 Å². The van der Waals surface area contributed by atoms with Crippen molar-refractivity contribution in [2.75, 3.05) is 11.9 Å². The average Bonchev–Trinajstić information content (AvgIpc) is 3.25. The molecule has 1 atom stereocenters. The summed E-state index contributed by atoms with van der Waals surface area (Å²) in [6.45, 7) is 0.122. The van der Waals surface area contributed by atoms with E-state index in [9.17, 15) is 13.6 Å². The third kappa shape index (κ3) is 3.43. The molecule has 0 aliphatic rings. The van der Waals surface area contributed by atoms with Gasteiger partial charge in [0.15, 0.2) is 0 Å². The van der Waals surface area contributed by atoms with Gasteiger partial charge in [-0.1, -0.05) is 6.07 Å². The molecule has 2 N–H and O–H groups in total. The number of amides is 2. The minimum Gasteiger partial charge on any atom is -0.467 e. The molecule has 0 saturated carbocycles. The summed E-state index contributed by atoms with van der Waals surface area (Å²) in [6.07, 6.45) is 4.84. The molecule has 24 heavy (non-hydrogen) atoms. The molecule has 0 bridgehead atoms. The summed E-state index contributed by atoms with van der Waals surface area (Å²) in [5.41, 5.74) is -0.497. The summed E-state index contributed by atoms with van der Waals surface area (Å²) in [6, 6.07) is 7.45. The van der Waals surface area contributed by atoms with Gasteiger partial charge in [-0.3, -0.25) is 4.68 Å². The molecule has 2 aromatic heterocycles. The van der Waals surface area contributed by atoms with Crippen LogP contribution in [0.15, 0.2) is 59.5 Å². The number of carbonyl (C=O) groups is 1. The topological polar surface area (TPSA) is 72.1 Å². The van der Waals surface area contributed by atoms with Crippen LogP contribution in [0.4, 0.5) is 19.3 Å². The van der Waals surface area contributed by atoms with E-state index < -0.39 is 23.4 Å². The van der Waals surface area contributed by atoms with E-state index in [0.717, 1.165) is 12.1 Å². The van der Waals surface area contributed by atoms with Crippen molar-refractivity contribution in [2.45, 2.75) is 6.04 Å². The van der Waals surface area contributed by atoms with Gasteiger partial charge in [-0.25, -0.2) is 13.6 Å². The van der Waals surface area contributed by atoms with Gasteiger partial charge in [-0.15, -0.1) is 0 Å². The fraction of sp³-hybridized carbons (Fsp3) is 0.125. The number of para-hydroxylation sites is 1. The lowest BCUT2D eigenvalue weighted by Gasteiger charge is -2.16. The molecule has 3 rings (SSSR count). The molecule has 0 unspecified atom stereocenters. The molecule has 2 amide bonds. The summed E-state index contributed by atoms with van der Waals surface area (Å²) in [5.74, 6) is -1.10. The molecular formula is C16H14F2N4O2. The fourth-order valence-corrected chi connectivity index (χ4v) is 2.23. The number of anilines is 1. The van der Waals surface area contributed by atoms with E-state index >= 15 is 0 Å². The summed E-state index contributed by atoms with van der Waals surface area (Å²) < 4.78 is 34.1. The second-order valence-electron chi connectivity index (χ2n) is 4.95. The number of aromatic nitrogens is 2. The zero-order chi connectivity index (χ0) is 16.9. The molecule has 6 nitrogen and oxygen atoms in total. The molecule has 2 heterocycles. The number of rotatable bonds is 5. The van der Waals surface area contributed by atoms with Crippen molar-refractivity contribution >= 4 is 11.7 Å². The first-order valence-corrected chi connectivity index (χ1v) is 7.16. The third-order valence-electron chi connectivity index (χ3n) is 3.37. The zero-order valence-corrected chi connectivity index (χ0v) is 12.4. The number of hydrogen-bond acceptors (Lipinski definition) is 3. The van der Waals surface area contributed by atoms with Gasteiger partial charge in [0.05, 0.1) is 6.26 Å². The molecular weight excluding hydrogens is 318 g/mol. The zero-order valence-electron chi connectivity index (χ0n) is 12.4. The first-order chi connectivity index (χ1) is 11.6. The van der Waals surface area contributed by atoms with Gasteiger partial charge in [0, 0.05) is 18.9 Å². The minimum atomic E-state index is -0.847. The van der Waals surface area contributed by atoms with E-state index in [1.54, 1.807) is 35.3 Å². The highest BCUT2D eigenvalue weighted by molar-refractivity contribution is 5.89. The van der Waals surface area contributed by atoms with Crippen molar-refractivity contribution in [1.29, 1.82) is 0 Å². The molecule has 0 aliphatic carbocycles. The SMILES string of the molecule is O=C(NC[C@H](c1ccco1)n1cccn1)Nc1c(F)cccc1F. The van der Waals surface area contributed by atoms with Crippen LogP contribution in [-0.4, -0.2) is 22.4 Å². The van der Waals surface area contributed by atoms with Crippen LogP contribution in [0, 0.1) is 11.6 Å². The molecule has 124 valence electrons. The van der Waals surface area contributed by atoms with Crippen LogP contribution >= 0.6 is 0 Å². The van der Waals surface area contributed by atoms with Crippen LogP contribution in [0.1, 0.15) is 11.8 Å². The Labute approximate surface area is 136 Å². The van der Waals surface area contributed by atoms with Crippen LogP contribution in [0.2, 0.25) is 0 Å². The van der Waals surface area contributed by atoms with Gasteiger partial charge in [0.2, 0.25) is 0 Å². The van der Waals surface area contributed by atoms with Crippen LogP contribution in [0.5, 0.6) is 0 Å². The summed E-state index contributed by atoms with van der Waals surface area (Å²) in [5, 5.41) is 8.85. The Balaban J connectivity index is 1.68. The first kappa shape index (κ1) is 15.7. The number of carbonyl (C=O) groups excluding carboxylic acids is 1. The number of urea groups is 1. The maximum Gasteiger partial charge on any atom is 0.319 e. The Morgan fingerprint density at radius 2 is 2.00 bits per heavy atom. The number of benzene rings is 1. The van der Waals surface area contributed by atoms with Crippen LogP contribution in [-0.2, 0) is 0 Å². The Kier molecular flexibility index (Phi) is 4.55. The standard InChI is InChI=1S/C16H14F2N4O2/c17-11-4-1-5-12(18)15(11)21-16(23)19-10-13(14-6-2-9-24-14)22-8-3-7-20-22/h1-9,13H,10H2,(H2,19,21,23)/t13-/m1/s1. The Hall–Kier alpha value is -3.16. The average molecular weight is 332 g/mol. The second-order valence-corrected chi connectivity index (χ2v) is 4.95. The van der Waals surface area contributed by atoms with Crippen LogP contribution < -0.4 is 10.6 Å². The van der Waals surface area contributed by atoms with Crippen molar-refractivity contribution < 1.29 is 18.0 Å². The smallest absolute Gasteiger partial charge is 0.319 e. The predicted molar refractivity (Wildman–Crippen MR) is 82.5 cm³/mol.